The van der Waals surface area contributed by atoms with Gasteiger partial charge in [-0.05, 0) is 24.1 Å². The summed E-state index contributed by atoms with van der Waals surface area (Å²) in [6.45, 7) is 1.08. The van der Waals surface area contributed by atoms with E-state index in [9.17, 15) is 9.90 Å². The highest BCUT2D eigenvalue weighted by atomic mass is 16.3. The van der Waals surface area contributed by atoms with Crippen LogP contribution < -0.4 is 0 Å². The number of carbonyl (C=O) groups is 1. The van der Waals surface area contributed by atoms with Gasteiger partial charge in [0.1, 0.15) is 5.75 Å². The standard InChI is InChI=1S/C12H15NO3/c14-10-3-1-9(2-4-10)7-12(16)13-6-5-11(15)8-13/h1-4,11,14-15H,5-8H2/t11-/m0/s1. The van der Waals surface area contributed by atoms with Crippen LogP contribution in [0.25, 0.3) is 0 Å². The minimum Gasteiger partial charge on any atom is -0.508 e. The Kier molecular flexibility index (Phi) is 3.10. The van der Waals surface area contributed by atoms with Crippen molar-refractivity contribution in [2.24, 2.45) is 0 Å². The Balaban J connectivity index is 1.94. The molecule has 1 aliphatic heterocycles. The maximum absolute atomic E-state index is 11.8. The van der Waals surface area contributed by atoms with Crippen LogP contribution in [-0.4, -0.2) is 40.2 Å². The molecule has 2 N–H and O–H groups in total. The van der Waals surface area contributed by atoms with E-state index in [1.54, 1.807) is 29.2 Å². The summed E-state index contributed by atoms with van der Waals surface area (Å²) < 4.78 is 0. The van der Waals surface area contributed by atoms with Crippen molar-refractivity contribution >= 4 is 5.91 Å². The number of carbonyl (C=O) groups excluding carboxylic acids is 1. The molecule has 0 unspecified atom stereocenters. The Morgan fingerprint density at radius 3 is 2.62 bits per heavy atom. The molecule has 0 aliphatic carbocycles. The molecule has 2 rings (SSSR count). The molecule has 1 amide bonds. The number of aliphatic hydroxyl groups is 1. The van der Waals surface area contributed by atoms with Crippen molar-refractivity contribution in [3.05, 3.63) is 29.8 Å². The second-order valence-corrected chi connectivity index (χ2v) is 4.13. The average molecular weight is 221 g/mol. The molecule has 0 radical (unpaired) electrons. The fourth-order valence-electron chi connectivity index (χ4n) is 1.87. The molecule has 1 aliphatic rings. The van der Waals surface area contributed by atoms with E-state index >= 15 is 0 Å². The van der Waals surface area contributed by atoms with Crippen LogP contribution in [0.3, 0.4) is 0 Å². The lowest BCUT2D eigenvalue weighted by molar-refractivity contribution is -0.129. The summed E-state index contributed by atoms with van der Waals surface area (Å²) >= 11 is 0. The topological polar surface area (TPSA) is 60.8 Å². The number of hydrogen-bond donors (Lipinski definition) is 2. The summed E-state index contributed by atoms with van der Waals surface area (Å²) in [5.41, 5.74) is 0.879. The first kappa shape index (κ1) is 11.0. The molecule has 0 aromatic heterocycles. The van der Waals surface area contributed by atoms with Gasteiger partial charge in [0.25, 0.3) is 0 Å². The van der Waals surface area contributed by atoms with Gasteiger partial charge < -0.3 is 15.1 Å². The number of phenols is 1. The zero-order valence-electron chi connectivity index (χ0n) is 8.97. The van der Waals surface area contributed by atoms with E-state index in [1.165, 1.54) is 0 Å². The molecular weight excluding hydrogens is 206 g/mol. The van der Waals surface area contributed by atoms with Gasteiger partial charge >= 0.3 is 0 Å². The number of likely N-dealkylation sites (tertiary alicyclic amines) is 1. The third-order valence-corrected chi connectivity index (χ3v) is 2.81. The first-order chi connectivity index (χ1) is 7.65. The molecule has 0 saturated carbocycles. The number of phenolic OH excluding ortho intramolecular Hbond substituents is 1. The fraction of sp³-hybridized carbons (Fsp3) is 0.417. The SMILES string of the molecule is O=C(Cc1ccc(O)cc1)N1CC[C@H](O)C1. The molecule has 1 saturated heterocycles. The molecule has 16 heavy (non-hydrogen) atoms. The molecule has 1 fully saturated rings. The third kappa shape index (κ3) is 2.52. The van der Waals surface area contributed by atoms with Crippen LogP contribution in [0.4, 0.5) is 0 Å². The molecule has 4 heteroatoms. The smallest absolute Gasteiger partial charge is 0.227 e. The number of aromatic hydroxyl groups is 1. The molecule has 4 nitrogen and oxygen atoms in total. The zero-order valence-corrected chi connectivity index (χ0v) is 8.97. The maximum Gasteiger partial charge on any atom is 0.227 e. The highest BCUT2D eigenvalue weighted by Gasteiger charge is 2.24. The van der Waals surface area contributed by atoms with E-state index < -0.39 is 0 Å². The van der Waals surface area contributed by atoms with Gasteiger partial charge in [-0.15, -0.1) is 0 Å². The number of aliphatic hydroxyl groups excluding tert-OH is 1. The fourth-order valence-corrected chi connectivity index (χ4v) is 1.87. The van der Waals surface area contributed by atoms with E-state index in [0.29, 0.717) is 25.9 Å². The average Bonchev–Trinajstić information content (AvgIpc) is 2.68. The number of β-amino-alcohol motifs (C(OH)–C–C–N with tert-alkyl or cyclic N) is 1. The van der Waals surface area contributed by atoms with Crippen molar-refractivity contribution in [2.75, 3.05) is 13.1 Å². The van der Waals surface area contributed by atoms with Gasteiger partial charge in [-0.3, -0.25) is 4.79 Å². The molecule has 1 atom stereocenters. The minimum absolute atomic E-state index is 0.0299. The van der Waals surface area contributed by atoms with Crippen LogP contribution in [0.15, 0.2) is 24.3 Å². The molecular formula is C12H15NO3. The molecule has 0 bridgehead atoms. The van der Waals surface area contributed by atoms with Crippen molar-refractivity contribution < 1.29 is 15.0 Å². The lowest BCUT2D eigenvalue weighted by Crippen LogP contribution is -2.30. The van der Waals surface area contributed by atoms with Crippen LogP contribution >= 0.6 is 0 Å². The Labute approximate surface area is 94.1 Å². The number of amides is 1. The van der Waals surface area contributed by atoms with Crippen molar-refractivity contribution in [1.82, 2.24) is 4.90 Å². The Morgan fingerprint density at radius 2 is 2.06 bits per heavy atom. The summed E-state index contributed by atoms with van der Waals surface area (Å²) in [7, 11) is 0. The summed E-state index contributed by atoms with van der Waals surface area (Å²) in [6.07, 6.45) is 0.623. The molecule has 86 valence electrons. The van der Waals surface area contributed by atoms with E-state index in [2.05, 4.69) is 0 Å². The van der Waals surface area contributed by atoms with Gasteiger partial charge in [0.15, 0.2) is 0 Å². The van der Waals surface area contributed by atoms with Gasteiger partial charge in [-0.2, -0.15) is 0 Å². The Bertz CT molecular complexity index is 374. The molecule has 1 aromatic carbocycles. The van der Waals surface area contributed by atoms with Crippen LogP contribution in [0.2, 0.25) is 0 Å². The van der Waals surface area contributed by atoms with Crippen molar-refractivity contribution in [2.45, 2.75) is 18.9 Å². The van der Waals surface area contributed by atoms with Gasteiger partial charge in [-0.1, -0.05) is 12.1 Å². The largest absolute Gasteiger partial charge is 0.508 e. The monoisotopic (exact) mass is 221 g/mol. The van der Waals surface area contributed by atoms with Gasteiger partial charge in [0, 0.05) is 13.1 Å². The Hall–Kier alpha value is -1.55. The third-order valence-electron chi connectivity index (χ3n) is 2.81. The van der Waals surface area contributed by atoms with Crippen LogP contribution in [0, 0.1) is 0 Å². The Morgan fingerprint density at radius 1 is 1.38 bits per heavy atom. The van der Waals surface area contributed by atoms with Gasteiger partial charge in [-0.25, -0.2) is 0 Å². The van der Waals surface area contributed by atoms with Gasteiger partial charge in [0.2, 0.25) is 5.91 Å². The maximum atomic E-state index is 11.8. The number of nitrogens with zero attached hydrogens (tertiary/aromatic N) is 1. The van der Waals surface area contributed by atoms with E-state index in [0.717, 1.165) is 5.56 Å². The summed E-state index contributed by atoms with van der Waals surface area (Å²) in [5.74, 6) is 0.232. The second kappa shape index (κ2) is 4.53. The quantitative estimate of drug-likeness (QED) is 0.765. The molecule has 1 heterocycles. The summed E-state index contributed by atoms with van der Waals surface area (Å²) in [6, 6.07) is 6.61. The highest BCUT2D eigenvalue weighted by Crippen LogP contribution is 2.13. The van der Waals surface area contributed by atoms with Crippen LogP contribution in [-0.2, 0) is 11.2 Å². The lowest BCUT2D eigenvalue weighted by Gasteiger charge is -2.15. The predicted octanol–water partition coefficient (Wildman–Crippen LogP) is 0.528. The summed E-state index contributed by atoms with van der Waals surface area (Å²) in [5, 5.41) is 18.4. The zero-order chi connectivity index (χ0) is 11.5. The van der Waals surface area contributed by atoms with E-state index in [-0.39, 0.29) is 17.8 Å². The van der Waals surface area contributed by atoms with E-state index in [1.807, 2.05) is 0 Å². The van der Waals surface area contributed by atoms with Gasteiger partial charge in [0.05, 0.1) is 12.5 Å². The second-order valence-electron chi connectivity index (χ2n) is 4.13. The number of hydrogen-bond acceptors (Lipinski definition) is 3. The number of benzene rings is 1. The lowest BCUT2D eigenvalue weighted by atomic mass is 10.1. The predicted molar refractivity (Wildman–Crippen MR) is 59.0 cm³/mol. The first-order valence-electron chi connectivity index (χ1n) is 5.39. The van der Waals surface area contributed by atoms with Crippen molar-refractivity contribution in [1.29, 1.82) is 0 Å². The number of rotatable bonds is 2. The van der Waals surface area contributed by atoms with Crippen molar-refractivity contribution in [3.63, 3.8) is 0 Å². The molecule has 0 spiro atoms. The minimum atomic E-state index is -0.372. The highest BCUT2D eigenvalue weighted by molar-refractivity contribution is 5.79. The normalized spacial score (nSPS) is 20.1. The van der Waals surface area contributed by atoms with Crippen LogP contribution in [0.5, 0.6) is 5.75 Å². The van der Waals surface area contributed by atoms with E-state index in [4.69, 9.17) is 5.11 Å². The van der Waals surface area contributed by atoms with Crippen LogP contribution in [0.1, 0.15) is 12.0 Å². The summed E-state index contributed by atoms with van der Waals surface area (Å²) in [4.78, 5) is 13.5. The molecule has 1 aromatic rings. The first-order valence-corrected chi connectivity index (χ1v) is 5.39. The van der Waals surface area contributed by atoms with Crippen molar-refractivity contribution in [3.8, 4) is 5.75 Å².